The number of carbonyl (C=O) groups excluding carboxylic acids is 1. The Morgan fingerprint density at radius 1 is 1.00 bits per heavy atom. The quantitative estimate of drug-likeness (QED) is 0.197. The zero-order valence-electron chi connectivity index (χ0n) is 24.4. The molecule has 0 bridgehead atoms. The van der Waals surface area contributed by atoms with Crippen molar-refractivity contribution in [3.05, 3.63) is 99.5 Å². The third-order valence-electron chi connectivity index (χ3n) is 8.41. The fraction of sp³-hybridized carbons (Fsp3) is 0.412. The Balaban J connectivity index is 1.44. The number of hydrogen-bond donors (Lipinski definition) is 3. The zero-order valence-corrected chi connectivity index (χ0v) is 25.9. The maximum atomic E-state index is 12.0. The number of anilines is 1. The van der Waals surface area contributed by atoms with Crippen LogP contribution in [0.2, 0.25) is 10.0 Å². The van der Waals surface area contributed by atoms with E-state index in [9.17, 15) is 4.79 Å². The minimum atomic E-state index is -0.384. The van der Waals surface area contributed by atoms with Gasteiger partial charge >= 0.3 is 0 Å². The zero-order chi connectivity index (χ0) is 29.6. The molecule has 3 aromatic carbocycles. The van der Waals surface area contributed by atoms with Gasteiger partial charge in [0.05, 0.1) is 6.04 Å². The first-order chi connectivity index (χ1) is 20.3. The van der Waals surface area contributed by atoms with Crippen molar-refractivity contribution in [2.24, 2.45) is 10.7 Å². The second-order valence-corrected chi connectivity index (χ2v) is 12.7. The van der Waals surface area contributed by atoms with E-state index in [1.165, 1.54) is 18.4 Å². The standard InChI is InChI=1S/C34H41Cl2N5O/c1-22-20-41(21-23(2)38-22)34(40-32-11-7-6-10-28(32)24-8-4-3-5-9-24)39-27-15-12-25(13-16-27)30(19-33(37)42)29-17-14-26(35)18-31(29)36/h3-5,8-9,12-18,22-23,28,30,32,38H,6-7,10-11,19-21H2,1-2H3,(H2,37,42)(H,39,40). The topological polar surface area (TPSA) is 82.8 Å². The van der Waals surface area contributed by atoms with E-state index in [0.717, 1.165) is 48.7 Å². The molecule has 222 valence electrons. The molecule has 1 heterocycles. The number of nitrogens with one attached hydrogen (secondary N) is 2. The minimum absolute atomic E-state index is 0.153. The lowest BCUT2D eigenvalue weighted by Crippen LogP contribution is -2.57. The normalized spacial score (nSPS) is 23.8. The van der Waals surface area contributed by atoms with E-state index >= 15 is 0 Å². The van der Waals surface area contributed by atoms with Crippen LogP contribution in [0.4, 0.5) is 5.69 Å². The van der Waals surface area contributed by atoms with Gasteiger partial charge in [0.15, 0.2) is 5.96 Å². The first-order valence-electron chi connectivity index (χ1n) is 15.0. The molecule has 6 nitrogen and oxygen atoms in total. The van der Waals surface area contributed by atoms with Crippen LogP contribution in [-0.2, 0) is 4.79 Å². The number of carbonyl (C=O) groups is 1. The average Bonchev–Trinajstić information content (AvgIpc) is 2.96. The van der Waals surface area contributed by atoms with Gasteiger partial charge in [0.25, 0.3) is 0 Å². The molecule has 5 rings (SSSR count). The second-order valence-electron chi connectivity index (χ2n) is 11.8. The van der Waals surface area contributed by atoms with Gasteiger partial charge in [-0.1, -0.05) is 84.6 Å². The van der Waals surface area contributed by atoms with Crippen LogP contribution in [0.3, 0.4) is 0 Å². The van der Waals surface area contributed by atoms with Gasteiger partial charge in [-0.05, 0) is 67.6 Å². The van der Waals surface area contributed by atoms with Crippen LogP contribution in [0, 0.1) is 0 Å². The third-order valence-corrected chi connectivity index (χ3v) is 8.98. The Hall–Kier alpha value is -3.06. The second kappa shape index (κ2) is 13.9. The summed E-state index contributed by atoms with van der Waals surface area (Å²) in [5.41, 5.74) is 9.76. The van der Waals surface area contributed by atoms with Crippen molar-refractivity contribution in [1.29, 1.82) is 0 Å². The summed E-state index contributed by atoms with van der Waals surface area (Å²) in [5.74, 6) is 0.684. The van der Waals surface area contributed by atoms with E-state index in [1.807, 2.05) is 30.3 Å². The van der Waals surface area contributed by atoms with E-state index in [4.69, 9.17) is 33.9 Å². The van der Waals surface area contributed by atoms with Gasteiger partial charge < -0.3 is 21.3 Å². The van der Waals surface area contributed by atoms with Crippen molar-refractivity contribution >= 4 is 40.8 Å². The molecule has 1 aliphatic heterocycles. The van der Waals surface area contributed by atoms with Crippen LogP contribution >= 0.6 is 23.2 Å². The summed E-state index contributed by atoms with van der Waals surface area (Å²) in [7, 11) is 0. The van der Waals surface area contributed by atoms with E-state index in [2.05, 4.69) is 59.7 Å². The highest BCUT2D eigenvalue weighted by molar-refractivity contribution is 6.35. The van der Waals surface area contributed by atoms with Crippen molar-refractivity contribution in [2.45, 2.75) is 75.9 Å². The number of aliphatic imine (C=N–C) groups is 1. The molecule has 0 spiro atoms. The van der Waals surface area contributed by atoms with E-state index < -0.39 is 0 Å². The summed E-state index contributed by atoms with van der Waals surface area (Å²) < 4.78 is 0. The summed E-state index contributed by atoms with van der Waals surface area (Å²) in [6.07, 6.45) is 4.82. The number of primary amides is 1. The highest BCUT2D eigenvalue weighted by atomic mass is 35.5. The highest BCUT2D eigenvalue weighted by Crippen LogP contribution is 2.37. The number of hydrogen-bond acceptors (Lipinski definition) is 3. The number of guanidine groups is 1. The highest BCUT2D eigenvalue weighted by Gasteiger charge is 2.30. The Kier molecular flexibility index (Phi) is 10.1. The maximum Gasteiger partial charge on any atom is 0.218 e. The van der Waals surface area contributed by atoms with Gasteiger partial charge in [0.2, 0.25) is 5.91 Å². The molecule has 5 unspecified atom stereocenters. The molecule has 3 aromatic rings. The van der Waals surface area contributed by atoms with Gasteiger partial charge in [-0.25, -0.2) is 4.99 Å². The summed E-state index contributed by atoms with van der Waals surface area (Å²) in [6.45, 7) is 6.21. The molecule has 1 amide bonds. The molecular formula is C34H41Cl2N5O. The van der Waals surface area contributed by atoms with Crippen molar-refractivity contribution < 1.29 is 4.79 Å². The van der Waals surface area contributed by atoms with E-state index in [0.29, 0.717) is 28.0 Å². The van der Waals surface area contributed by atoms with Crippen LogP contribution in [0.15, 0.2) is 77.8 Å². The molecule has 2 fully saturated rings. The largest absolute Gasteiger partial charge is 0.370 e. The van der Waals surface area contributed by atoms with Crippen LogP contribution in [0.5, 0.6) is 0 Å². The van der Waals surface area contributed by atoms with Crippen molar-refractivity contribution in [2.75, 3.05) is 18.4 Å². The minimum Gasteiger partial charge on any atom is -0.370 e. The summed E-state index contributed by atoms with van der Waals surface area (Å²) in [6, 6.07) is 25.3. The average molecular weight is 607 g/mol. The summed E-state index contributed by atoms with van der Waals surface area (Å²) in [4.78, 5) is 19.9. The number of halogens is 2. The first kappa shape index (κ1) is 30.4. The molecule has 1 aliphatic carbocycles. The summed E-state index contributed by atoms with van der Waals surface area (Å²) >= 11 is 12.7. The number of amides is 1. The fourth-order valence-corrected chi connectivity index (χ4v) is 7.07. The van der Waals surface area contributed by atoms with E-state index in [-0.39, 0.29) is 24.3 Å². The molecule has 2 aliphatic rings. The lowest BCUT2D eigenvalue weighted by molar-refractivity contribution is -0.118. The predicted molar refractivity (Wildman–Crippen MR) is 175 cm³/mol. The van der Waals surface area contributed by atoms with Crippen LogP contribution in [-0.4, -0.2) is 48.0 Å². The van der Waals surface area contributed by atoms with Gasteiger partial charge in [-0.15, -0.1) is 0 Å². The van der Waals surface area contributed by atoms with Crippen molar-refractivity contribution in [3.8, 4) is 0 Å². The number of rotatable bonds is 7. The van der Waals surface area contributed by atoms with Gasteiger partial charge in [-0.3, -0.25) is 4.79 Å². The first-order valence-corrected chi connectivity index (χ1v) is 15.8. The third kappa shape index (κ3) is 7.66. The van der Waals surface area contributed by atoms with Crippen LogP contribution in [0.25, 0.3) is 0 Å². The van der Waals surface area contributed by atoms with Gasteiger partial charge in [0.1, 0.15) is 0 Å². The molecule has 8 heteroatoms. The molecule has 42 heavy (non-hydrogen) atoms. The monoisotopic (exact) mass is 605 g/mol. The van der Waals surface area contributed by atoms with E-state index in [1.54, 1.807) is 12.1 Å². The van der Waals surface area contributed by atoms with Crippen LogP contribution in [0.1, 0.15) is 74.5 Å². The van der Waals surface area contributed by atoms with Gasteiger partial charge in [0, 0.05) is 59.2 Å². The Morgan fingerprint density at radius 3 is 2.36 bits per heavy atom. The number of benzene rings is 3. The number of nitrogens with two attached hydrogens (primary N) is 1. The Bertz CT molecular complexity index is 1370. The maximum absolute atomic E-state index is 12.0. The van der Waals surface area contributed by atoms with Crippen molar-refractivity contribution in [3.63, 3.8) is 0 Å². The molecular weight excluding hydrogens is 565 g/mol. The van der Waals surface area contributed by atoms with Gasteiger partial charge in [-0.2, -0.15) is 0 Å². The SMILES string of the molecule is CC1CN(/C(=N\C2CCCCC2c2ccccc2)Nc2ccc(C(CC(N)=O)c3ccc(Cl)cc3Cl)cc2)CC(C)N1. The lowest BCUT2D eigenvalue weighted by atomic mass is 9.80. The summed E-state index contributed by atoms with van der Waals surface area (Å²) in [5, 5.41) is 8.41. The Morgan fingerprint density at radius 2 is 1.69 bits per heavy atom. The molecule has 4 N–H and O–H groups in total. The Labute approximate surface area is 259 Å². The van der Waals surface area contributed by atoms with Crippen LogP contribution < -0.4 is 16.4 Å². The molecule has 0 radical (unpaired) electrons. The predicted octanol–water partition coefficient (Wildman–Crippen LogP) is 7.18. The smallest absolute Gasteiger partial charge is 0.218 e. The molecule has 1 saturated carbocycles. The number of nitrogens with zero attached hydrogens (tertiary/aromatic N) is 2. The lowest BCUT2D eigenvalue weighted by Gasteiger charge is -2.39. The molecule has 1 saturated heterocycles. The molecule has 5 atom stereocenters. The van der Waals surface area contributed by atoms with Crippen molar-refractivity contribution in [1.82, 2.24) is 10.2 Å². The fourth-order valence-electron chi connectivity index (χ4n) is 6.53. The molecule has 0 aromatic heterocycles. The number of piperazine rings is 1.